The van der Waals surface area contributed by atoms with E-state index < -0.39 is 11.9 Å². The van der Waals surface area contributed by atoms with Gasteiger partial charge in [0.25, 0.3) is 0 Å². The monoisotopic (exact) mass is 616 g/mol. The van der Waals surface area contributed by atoms with Gasteiger partial charge < -0.3 is 25.4 Å². The number of ether oxygens (including phenoxy) is 2. The highest BCUT2D eigenvalue weighted by Crippen LogP contribution is 2.18. The van der Waals surface area contributed by atoms with Gasteiger partial charge in [0.2, 0.25) is 5.95 Å². The van der Waals surface area contributed by atoms with Gasteiger partial charge in [-0.3, -0.25) is 4.98 Å². The Balaban J connectivity index is 0.000000827. The van der Waals surface area contributed by atoms with E-state index in [0.717, 1.165) is 32.4 Å². The van der Waals surface area contributed by atoms with E-state index in [1.165, 1.54) is 29.7 Å². The molecule has 3 aromatic heterocycles. The highest BCUT2D eigenvalue weighted by Gasteiger charge is 2.16. The Bertz CT molecular complexity index is 1220. The Labute approximate surface area is 260 Å². The largest absolute Gasteiger partial charge is 0.462 e. The van der Waals surface area contributed by atoms with Crippen molar-refractivity contribution in [3.05, 3.63) is 53.6 Å². The van der Waals surface area contributed by atoms with Gasteiger partial charge in [-0.1, -0.05) is 40.5 Å². The third-order valence-corrected chi connectivity index (χ3v) is 5.82. The maximum Gasteiger partial charge on any atom is 0.343 e. The molecular formula is C30H48N8O4S. The predicted octanol–water partition coefficient (Wildman–Crippen LogP) is 5.99. The molecule has 238 valence electrons. The summed E-state index contributed by atoms with van der Waals surface area (Å²) >= 11 is 1.44. The average Bonchev–Trinajstić information content (AvgIpc) is 3.00. The van der Waals surface area contributed by atoms with Gasteiger partial charge in [-0.25, -0.2) is 24.5 Å². The van der Waals surface area contributed by atoms with Crippen LogP contribution < -0.4 is 16.0 Å². The Morgan fingerprint density at radius 1 is 0.767 bits per heavy atom. The number of nitrogens with zero attached hydrogens (tertiary/aromatic N) is 5. The third kappa shape index (κ3) is 13.7. The van der Waals surface area contributed by atoms with E-state index in [9.17, 15) is 9.59 Å². The molecule has 0 bridgehead atoms. The van der Waals surface area contributed by atoms with Gasteiger partial charge in [0.15, 0.2) is 5.16 Å². The summed E-state index contributed by atoms with van der Waals surface area (Å²) in [5.41, 5.74) is 1.92. The van der Waals surface area contributed by atoms with E-state index in [2.05, 4.69) is 40.9 Å². The summed E-state index contributed by atoms with van der Waals surface area (Å²) in [5, 5.41) is 10.1. The Morgan fingerprint density at radius 3 is 1.81 bits per heavy atom. The molecule has 0 aliphatic carbocycles. The molecule has 0 aliphatic rings. The van der Waals surface area contributed by atoms with Crippen molar-refractivity contribution in [2.75, 3.05) is 55.1 Å². The zero-order chi connectivity index (χ0) is 29.9. The lowest BCUT2D eigenvalue weighted by atomic mass is 10.2. The molecule has 43 heavy (non-hydrogen) atoms. The molecule has 3 N–H and O–H groups in total. The smallest absolute Gasteiger partial charge is 0.343 e. The van der Waals surface area contributed by atoms with E-state index in [-0.39, 0.29) is 14.9 Å². The van der Waals surface area contributed by atoms with Crippen molar-refractivity contribution < 1.29 is 19.1 Å². The maximum atomic E-state index is 12.0. The molecule has 0 saturated carbocycles. The summed E-state index contributed by atoms with van der Waals surface area (Å²) in [6, 6.07) is 3.95. The second-order valence-corrected chi connectivity index (χ2v) is 9.18. The van der Waals surface area contributed by atoms with E-state index >= 15 is 0 Å². The first-order chi connectivity index (χ1) is 20.0. The number of aromatic nitrogens is 5. The van der Waals surface area contributed by atoms with Gasteiger partial charge in [-0.15, -0.1) is 0 Å². The number of anilines is 3. The van der Waals surface area contributed by atoms with E-state index in [1.54, 1.807) is 26.2 Å². The number of rotatable bonds is 15. The second kappa shape index (κ2) is 22.6. The standard InChI is InChI=1S/C17H23N5O2.C11H17N3O2S.2CH4/c1-3-8-19-15-14(16(23)24-4-2)12-21-17(22-15)20-11-7-13-5-9-18-10-6-13;1-4-6-12-9-8(10(15)16-5-2)7-13-11(14-9)17-3;;/h5-6,9-10,12H,3-4,7-8,11H2,1-2H3,(H2,19,20,21,22);7H,4-6H2,1-3H3,(H,12,13,14);2*1H4. The summed E-state index contributed by atoms with van der Waals surface area (Å²) in [4.78, 5) is 44.6. The van der Waals surface area contributed by atoms with Crippen molar-refractivity contribution in [1.29, 1.82) is 0 Å². The highest BCUT2D eigenvalue weighted by molar-refractivity contribution is 7.98. The van der Waals surface area contributed by atoms with Crippen molar-refractivity contribution >= 4 is 41.3 Å². The quantitative estimate of drug-likeness (QED) is 0.104. The zero-order valence-electron chi connectivity index (χ0n) is 24.4. The lowest BCUT2D eigenvalue weighted by molar-refractivity contribution is 0.0516. The number of pyridine rings is 1. The van der Waals surface area contributed by atoms with Crippen LogP contribution in [0.25, 0.3) is 0 Å². The van der Waals surface area contributed by atoms with Gasteiger partial charge in [0, 0.05) is 44.4 Å². The fourth-order valence-electron chi connectivity index (χ4n) is 3.27. The summed E-state index contributed by atoms with van der Waals surface area (Å²) in [6.45, 7) is 10.5. The SMILES string of the molecule is C.C.CCCNc1nc(NCCc2ccncc2)ncc1C(=O)OCC.CCCNc1nc(SC)ncc1C(=O)OCC. The van der Waals surface area contributed by atoms with Crippen LogP contribution in [0, 0.1) is 0 Å². The summed E-state index contributed by atoms with van der Waals surface area (Å²) in [5.74, 6) is 0.718. The van der Waals surface area contributed by atoms with Crippen molar-refractivity contribution in [2.24, 2.45) is 0 Å². The lowest BCUT2D eigenvalue weighted by Crippen LogP contribution is -2.15. The number of nitrogens with one attached hydrogen (secondary N) is 3. The van der Waals surface area contributed by atoms with Gasteiger partial charge in [0.05, 0.1) is 13.2 Å². The average molecular weight is 617 g/mol. The molecule has 3 rings (SSSR count). The minimum absolute atomic E-state index is 0. The second-order valence-electron chi connectivity index (χ2n) is 8.40. The molecule has 3 heterocycles. The molecule has 0 spiro atoms. The van der Waals surface area contributed by atoms with Gasteiger partial charge >= 0.3 is 11.9 Å². The first-order valence-electron chi connectivity index (χ1n) is 13.7. The van der Waals surface area contributed by atoms with Crippen LogP contribution in [0.5, 0.6) is 0 Å². The molecule has 0 fully saturated rings. The van der Waals surface area contributed by atoms with Crippen molar-refractivity contribution in [2.45, 2.75) is 67.0 Å². The molecule has 3 aromatic rings. The Kier molecular flexibility index (Phi) is 20.5. The van der Waals surface area contributed by atoms with Crippen LogP contribution in [0.2, 0.25) is 0 Å². The molecule has 0 radical (unpaired) electrons. The molecule has 12 nitrogen and oxygen atoms in total. The first kappa shape index (κ1) is 39.0. The van der Waals surface area contributed by atoms with Crippen molar-refractivity contribution in [3.63, 3.8) is 0 Å². The van der Waals surface area contributed by atoms with Crippen LogP contribution in [0.15, 0.2) is 42.1 Å². The molecule has 0 aliphatic heterocycles. The molecule has 0 saturated heterocycles. The van der Waals surface area contributed by atoms with E-state index in [4.69, 9.17) is 9.47 Å². The van der Waals surface area contributed by atoms with Crippen LogP contribution in [0.3, 0.4) is 0 Å². The number of thioether (sulfide) groups is 1. The topological polar surface area (TPSA) is 153 Å². The summed E-state index contributed by atoms with van der Waals surface area (Å²) < 4.78 is 10.00. The third-order valence-electron chi connectivity index (χ3n) is 5.26. The fourth-order valence-corrected chi connectivity index (χ4v) is 3.61. The number of hydrogen-bond acceptors (Lipinski definition) is 13. The van der Waals surface area contributed by atoms with Crippen LogP contribution in [0.4, 0.5) is 17.6 Å². The molecule has 13 heteroatoms. The van der Waals surface area contributed by atoms with Crippen LogP contribution in [-0.2, 0) is 15.9 Å². The van der Waals surface area contributed by atoms with Crippen LogP contribution >= 0.6 is 11.8 Å². The minimum atomic E-state index is -0.417. The molecule has 0 unspecified atom stereocenters. The molecule has 0 amide bonds. The van der Waals surface area contributed by atoms with E-state index in [0.29, 0.717) is 53.6 Å². The highest BCUT2D eigenvalue weighted by atomic mass is 32.2. The molecule has 0 atom stereocenters. The number of hydrogen-bond donors (Lipinski definition) is 3. The first-order valence-corrected chi connectivity index (χ1v) is 14.9. The zero-order valence-corrected chi connectivity index (χ0v) is 25.2. The van der Waals surface area contributed by atoms with Crippen molar-refractivity contribution in [3.8, 4) is 0 Å². The predicted molar refractivity (Wildman–Crippen MR) is 175 cm³/mol. The van der Waals surface area contributed by atoms with Crippen molar-refractivity contribution in [1.82, 2.24) is 24.9 Å². The number of carbonyl (C=O) groups is 2. The number of carbonyl (C=O) groups excluding carboxylic acids is 2. The summed E-state index contributed by atoms with van der Waals surface area (Å²) in [6.07, 6.45) is 11.2. The molecular weight excluding hydrogens is 568 g/mol. The summed E-state index contributed by atoms with van der Waals surface area (Å²) in [7, 11) is 0. The van der Waals surface area contributed by atoms with Gasteiger partial charge in [0.1, 0.15) is 22.8 Å². The minimum Gasteiger partial charge on any atom is -0.462 e. The fraction of sp³-hybridized carbons (Fsp3) is 0.500. The lowest BCUT2D eigenvalue weighted by Gasteiger charge is -2.12. The maximum absolute atomic E-state index is 12.0. The Morgan fingerprint density at radius 2 is 1.30 bits per heavy atom. The normalized spacial score (nSPS) is 9.70. The molecule has 0 aromatic carbocycles. The van der Waals surface area contributed by atoms with Crippen LogP contribution in [0.1, 0.15) is 81.7 Å². The van der Waals surface area contributed by atoms with Crippen LogP contribution in [-0.4, -0.2) is 76.0 Å². The van der Waals surface area contributed by atoms with Gasteiger partial charge in [-0.2, -0.15) is 4.98 Å². The van der Waals surface area contributed by atoms with E-state index in [1.807, 2.05) is 32.2 Å². The van der Waals surface area contributed by atoms with Gasteiger partial charge in [-0.05, 0) is 57.1 Å². The number of esters is 2. The Hall–Kier alpha value is -4.00.